The van der Waals surface area contributed by atoms with Crippen molar-refractivity contribution in [3.05, 3.63) is 59.7 Å². The number of nitrogen functional groups attached to an aromatic ring is 1. The number of hydrogen-bond acceptors (Lipinski definition) is 4. The average Bonchev–Trinajstić information content (AvgIpc) is 2.46. The number of carbonyl (C=O) groups is 1. The van der Waals surface area contributed by atoms with Crippen LogP contribution in [0.25, 0.3) is 0 Å². The Hall–Kier alpha value is -2.49. The van der Waals surface area contributed by atoms with Gasteiger partial charge in [-0.05, 0) is 23.8 Å². The number of methoxy groups -OCH3 is 1. The number of ether oxygens (including phenoxy) is 1. The maximum absolute atomic E-state index is 11.6. The molecular weight excluding hydrogens is 240 g/mol. The van der Waals surface area contributed by atoms with Crippen molar-refractivity contribution in [1.82, 2.24) is 0 Å². The van der Waals surface area contributed by atoms with Crippen LogP contribution in [-0.4, -0.2) is 13.1 Å². The van der Waals surface area contributed by atoms with Crippen LogP contribution in [-0.2, 0) is 11.3 Å². The Morgan fingerprint density at radius 1 is 1.16 bits per heavy atom. The molecule has 4 heteroatoms. The minimum absolute atomic E-state index is 0.357. The zero-order valence-electron chi connectivity index (χ0n) is 10.7. The van der Waals surface area contributed by atoms with E-state index in [4.69, 9.17) is 10.5 Å². The molecule has 2 rings (SSSR count). The highest BCUT2D eigenvalue weighted by atomic mass is 16.5. The molecule has 0 saturated carbocycles. The van der Waals surface area contributed by atoms with Gasteiger partial charge in [-0.25, -0.2) is 4.79 Å². The first-order valence-electron chi connectivity index (χ1n) is 5.97. The maximum atomic E-state index is 11.6. The van der Waals surface area contributed by atoms with Gasteiger partial charge in [-0.2, -0.15) is 0 Å². The van der Waals surface area contributed by atoms with Gasteiger partial charge in [0.05, 0.1) is 12.7 Å². The Morgan fingerprint density at radius 3 is 2.58 bits per heavy atom. The fourth-order valence-electron chi connectivity index (χ4n) is 1.81. The second kappa shape index (κ2) is 5.91. The van der Waals surface area contributed by atoms with Gasteiger partial charge in [0.15, 0.2) is 0 Å². The van der Waals surface area contributed by atoms with E-state index in [1.165, 1.54) is 7.11 Å². The van der Waals surface area contributed by atoms with Crippen molar-refractivity contribution in [2.45, 2.75) is 6.54 Å². The quantitative estimate of drug-likeness (QED) is 0.652. The lowest BCUT2D eigenvalue weighted by molar-refractivity contribution is 0.0602. The van der Waals surface area contributed by atoms with E-state index in [1.54, 1.807) is 12.1 Å². The van der Waals surface area contributed by atoms with Crippen molar-refractivity contribution >= 4 is 17.3 Å². The Labute approximate surface area is 112 Å². The van der Waals surface area contributed by atoms with E-state index >= 15 is 0 Å². The molecule has 0 aliphatic heterocycles. The number of hydrogen-bond donors (Lipinski definition) is 2. The Bertz CT molecular complexity index is 582. The van der Waals surface area contributed by atoms with Crippen molar-refractivity contribution in [2.24, 2.45) is 0 Å². The van der Waals surface area contributed by atoms with Gasteiger partial charge >= 0.3 is 5.97 Å². The molecule has 2 aromatic carbocycles. The van der Waals surface area contributed by atoms with Crippen molar-refractivity contribution in [2.75, 3.05) is 18.2 Å². The monoisotopic (exact) mass is 256 g/mol. The third kappa shape index (κ3) is 3.04. The topological polar surface area (TPSA) is 64.3 Å². The predicted octanol–water partition coefficient (Wildman–Crippen LogP) is 2.67. The summed E-state index contributed by atoms with van der Waals surface area (Å²) >= 11 is 0. The zero-order chi connectivity index (χ0) is 13.7. The van der Waals surface area contributed by atoms with Crippen molar-refractivity contribution in [1.29, 1.82) is 0 Å². The van der Waals surface area contributed by atoms with E-state index in [-0.39, 0.29) is 5.97 Å². The van der Waals surface area contributed by atoms with E-state index in [9.17, 15) is 4.79 Å². The molecule has 0 aromatic heterocycles. The molecule has 4 nitrogen and oxygen atoms in total. The molecule has 0 amide bonds. The summed E-state index contributed by atoms with van der Waals surface area (Å²) in [5.74, 6) is -0.357. The first kappa shape index (κ1) is 13.0. The first-order valence-corrected chi connectivity index (χ1v) is 5.97. The normalized spacial score (nSPS) is 9.95. The van der Waals surface area contributed by atoms with E-state index in [0.29, 0.717) is 12.1 Å². The van der Waals surface area contributed by atoms with Crippen LogP contribution in [0.4, 0.5) is 11.4 Å². The largest absolute Gasteiger partial charge is 0.465 e. The number of nitrogens with one attached hydrogen (secondary N) is 1. The van der Waals surface area contributed by atoms with Crippen LogP contribution in [0.3, 0.4) is 0 Å². The fraction of sp³-hybridized carbons (Fsp3) is 0.133. The number of benzene rings is 2. The lowest BCUT2D eigenvalue weighted by Gasteiger charge is -2.11. The number of esters is 1. The van der Waals surface area contributed by atoms with Crippen molar-refractivity contribution in [3.63, 3.8) is 0 Å². The molecule has 98 valence electrons. The molecule has 2 aromatic rings. The van der Waals surface area contributed by atoms with E-state index in [1.807, 2.05) is 36.4 Å². The standard InChI is InChI=1S/C15H16N2O2/c1-19-15(18)12-7-3-5-9-14(12)17-10-11-6-2-4-8-13(11)16/h2-9,17H,10,16H2,1H3. The van der Waals surface area contributed by atoms with Gasteiger partial charge in [0.25, 0.3) is 0 Å². The summed E-state index contributed by atoms with van der Waals surface area (Å²) in [5.41, 5.74) is 8.84. The van der Waals surface area contributed by atoms with Crippen LogP contribution in [0.1, 0.15) is 15.9 Å². The minimum Gasteiger partial charge on any atom is -0.465 e. The molecule has 0 atom stereocenters. The molecule has 0 fully saturated rings. The molecule has 0 spiro atoms. The molecule has 19 heavy (non-hydrogen) atoms. The van der Waals surface area contributed by atoms with E-state index in [0.717, 1.165) is 16.9 Å². The summed E-state index contributed by atoms with van der Waals surface area (Å²) < 4.78 is 4.75. The minimum atomic E-state index is -0.357. The number of carbonyl (C=O) groups excluding carboxylic acids is 1. The van der Waals surface area contributed by atoms with Gasteiger partial charge in [0.2, 0.25) is 0 Å². The van der Waals surface area contributed by atoms with Crippen molar-refractivity contribution in [3.8, 4) is 0 Å². The average molecular weight is 256 g/mol. The van der Waals surface area contributed by atoms with E-state index in [2.05, 4.69) is 5.32 Å². The van der Waals surface area contributed by atoms with Crippen LogP contribution in [0.2, 0.25) is 0 Å². The number of nitrogens with two attached hydrogens (primary N) is 1. The van der Waals surface area contributed by atoms with Crippen LogP contribution in [0, 0.1) is 0 Å². The summed E-state index contributed by atoms with van der Waals surface area (Å²) in [6, 6.07) is 14.8. The highest BCUT2D eigenvalue weighted by molar-refractivity contribution is 5.95. The molecule has 0 aliphatic rings. The smallest absolute Gasteiger partial charge is 0.339 e. The summed E-state index contributed by atoms with van der Waals surface area (Å²) in [5, 5.41) is 3.20. The van der Waals surface area contributed by atoms with Gasteiger partial charge in [-0.1, -0.05) is 30.3 Å². The third-order valence-electron chi connectivity index (χ3n) is 2.86. The van der Waals surface area contributed by atoms with E-state index < -0.39 is 0 Å². The summed E-state index contributed by atoms with van der Waals surface area (Å²) in [6.45, 7) is 0.556. The SMILES string of the molecule is COC(=O)c1ccccc1NCc1ccccc1N. The molecule has 0 heterocycles. The second-order valence-corrected chi connectivity index (χ2v) is 4.09. The lowest BCUT2D eigenvalue weighted by atomic mass is 10.1. The highest BCUT2D eigenvalue weighted by Crippen LogP contribution is 2.18. The van der Waals surface area contributed by atoms with Gasteiger partial charge in [0.1, 0.15) is 0 Å². The predicted molar refractivity (Wildman–Crippen MR) is 76.0 cm³/mol. The van der Waals surface area contributed by atoms with Crippen LogP contribution in [0.15, 0.2) is 48.5 Å². The third-order valence-corrected chi connectivity index (χ3v) is 2.86. The Kier molecular flexibility index (Phi) is 4.03. The number of para-hydroxylation sites is 2. The fourth-order valence-corrected chi connectivity index (χ4v) is 1.81. The summed E-state index contributed by atoms with van der Waals surface area (Å²) in [6.07, 6.45) is 0. The summed E-state index contributed by atoms with van der Waals surface area (Å²) in [4.78, 5) is 11.6. The second-order valence-electron chi connectivity index (χ2n) is 4.09. The number of rotatable bonds is 4. The van der Waals surface area contributed by atoms with Crippen LogP contribution < -0.4 is 11.1 Å². The molecule has 0 radical (unpaired) electrons. The molecule has 0 aliphatic carbocycles. The van der Waals surface area contributed by atoms with Gasteiger partial charge < -0.3 is 15.8 Å². The molecule has 0 bridgehead atoms. The molecule has 0 saturated heterocycles. The van der Waals surface area contributed by atoms with Crippen LogP contribution >= 0.6 is 0 Å². The number of anilines is 2. The zero-order valence-corrected chi connectivity index (χ0v) is 10.7. The molecular formula is C15H16N2O2. The van der Waals surface area contributed by atoms with Crippen molar-refractivity contribution < 1.29 is 9.53 Å². The highest BCUT2D eigenvalue weighted by Gasteiger charge is 2.10. The van der Waals surface area contributed by atoms with Crippen LogP contribution in [0.5, 0.6) is 0 Å². The Morgan fingerprint density at radius 2 is 1.84 bits per heavy atom. The summed E-state index contributed by atoms with van der Waals surface area (Å²) in [7, 11) is 1.37. The molecule has 3 N–H and O–H groups in total. The Balaban J connectivity index is 2.16. The molecule has 0 unspecified atom stereocenters. The lowest BCUT2D eigenvalue weighted by Crippen LogP contribution is -2.09. The first-order chi connectivity index (χ1) is 9.22. The maximum Gasteiger partial charge on any atom is 0.339 e. The van der Waals surface area contributed by atoms with Gasteiger partial charge in [-0.3, -0.25) is 0 Å². The van der Waals surface area contributed by atoms with Gasteiger partial charge in [-0.15, -0.1) is 0 Å². The van der Waals surface area contributed by atoms with Gasteiger partial charge in [0, 0.05) is 17.9 Å².